The van der Waals surface area contributed by atoms with Gasteiger partial charge in [0.15, 0.2) is 9.84 Å². The number of carbonyl (C=O) groups excluding carboxylic acids is 1. The number of likely N-dealkylation sites (tertiary alicyclic amines) is 1. The molecule has 1 aromatic carbocycles. The lowest BCUT2D eigenvalue weighted by atomic mass is 10.0. The van der Waals surface area contributed by atoms with Gasteiger partial charge in [0.25, 0.3) is 0 Å². The van der Waals surface area contributed by atoms with Crippen molar-refractivity contribution in [3.05, 3.63) is 35.9 Å². The van der Waals surface area contributed by atoms with E-state index in [0.717, 1.165) is 31.9 Å². The van der Waals surface area contributed by atoms with Crippen molar-refractivity contribution in [1.82, 2.24) is 4.90 Å². The summed E-state index contributed by atoms with van der Waals surface area (Å²) < 4.78 is 23.1. The quantitative estimate of drug-likeness (QED) is 0.836. The molecule has 21 heavy (non-hydrogen) atoms. The molecule has 1 aromatic rings. The van der Waals surface area contributed by atoms with Crippen LogP contribution in [0.15, 0.2) is 30.3 Å². The Hall–Kier alpha value is -1.36. The highest BCUT2D eigenvalue weighted by molar-refractivity contribution is 7.92. The number of hydrogen-bond acceptors (Lipinski definition) is 3. The van der Waals surface area contributed by atoms with Gasteiger partial charge in [0.1, 0.15) is 5.25 Å². The number of rotatable bonds is 5. The number of benzene rings is 1. The Morgan fingerprint density at radius 1 is 1.33 bits per heavy atom. The van der Waals surface area contributed by atoms with Crippen molar-refractivity contribution < 1.29 is 13.2 Å². The fraction of sp³-hybridized carbons (Fsp3) is 0.562. The van der Waals surface area contributed by atoms with Gasteiger partial charge >= 0.3 is 0 Å². The van der Waals surface area contributed by atoms with Crippen molar-refractivity contribution in [1.29, 1.82) is 0 Å². The highest BCUT2D eigenvalue weighted by Gasteiger charge is 2.34. The fourth-order valence-corrected chi connectivity index (χ4v) is 3.32. The van der Waals surface area contributed by atoms with Crippen LogP contribution in [-0.4, -0.2) is 43.3 Å². The smallest absolute Gasteiger partial charge is 0.240 e. The van der Waals surface area contributed by atoms with E-state index in [1.807, 2.05) is 18.2 Å². The predicted molar refractivity (Wildman–Crippen MR) is 83.8 cm³/mol. The van der Waals surface area contributed by atoms with E-state index in [1.165, 1.54) is 12.5 Å². The lowest BCUT2D eigenvalue weighted by molar-refractivity contribution is -0.131. The molecular formula is C16H23NO3S. The molecule has 0 saturated carbocycles. The maximum Gasteiger partial charge on any atom is 0.240 e. The number of nitrogens with zero attached hydrogens (tertiary/aromatic N) is 1. The van der Waals surface area contributed by atoms with Gasteiger partial charge in [0.2, 0.25) is 5.91 Å². The van der Waals surface area contributed by atoms with Gasteiger partial charge in [-0.25, -0.2) is 8.42 Å². The Morgan fingerprint density at radius 2 is 2.00 bits per heavy atom. The Labute approximate surface area is 127 Å². The number of hydrogen-bond donors (Lipinski definition) is 0. The van der Waals surface area contributed by atoms with E-state index in [1.54, 1.807) is 4.90 Å². The van der Waals surface area contributed by atoms with E-state index in [4.69, 9.17) is 0 Å². The molecule has 0 radical (unpaired) electrons. The van der Waals surface area contributed by atoms with Crippen LogP contribution in [0.4, 0.5) is 0 Å². The van der Waals surface area contributed by atoms with E-state index >= 15 is 0 Å². The molecule has 4 nitrogen and oxygen atoms in total. The predicted octanol–water partition coefficient (Wildman–Crippen LogP) is 2.04. The zero-order valence-corrected chi connectivity index (χ0v) is 13.5. The molecule has 1 saturated heterocycles. The van der Waals surface area contributed by atoms with Crippen LogP contribution in [0.1, 0.15) is 31.7 Å². The van der Waals surface area contributed by atoms with Crippen molar-refractivity contribution in [3.8, 4) is 0 Å². The molecule has 0 unspecified atom stereocenters. The van der Waals surface area contributed by atoms with E-state index in [9.17, 15) is 13.2 Å². The van der Waals surface area contributed by atoms with Gasteiger partial charge in [-0.2, -0.15) is 0 Å². The van der Waals surface area contributed by atoms with E-state index in [0.29, 0.717) is 6.54 Å². The summed E-state index contributed by atoms with van der Waals surface area (Å²) in [5, 5.41) is -0.935. The van der Waals surface area contributed by atoms with Crippen molar-refractivity contribution in [3.63, 3.8) is 0 Å². The lowest BCUT2D eigenvalue weighted by Gasteiger charge is -2.27. The third kappa shape index (κ3) is 4.06. The molecule has 0 aromatic heterocycles. The summed E-state index contributed by atoms with van der Waals surface area (Å²) in [5.41, 5.74) is 1.26. The maximum atomic E-state index is 12.4. The highest BCUT2D eigenvalue weighted by Crippen LogP contribution is 2.23. The van der Waals surface area contributed by atoms with Crippen LogP contribution in [0.3, 0.4) is 0 Å². The van der Waals surface area contributed by atoms with Gasteiger partial charge in [-0.3, -0.25) is 4.79 Å². The second-order valence-electron chi connectivity index (χ2n) is 5.82. The Morgan fingerprint density at radius 3 is 2.62 bits per heavy atom. The third-order valence-electron chi connectivity index (χ3n) is 4.26. The average Bonchev–Trinajstić information content (AvgIpc) is 2.92. The second kappa shape index (κ2) is 6.60. The maximum absolute atomic E-state index is 12.4. The molecule has 0 aliphatic carbocycles. The molecule has 1 aliphatic rings. The highest BCUT2D eigenvalue weighted by atomic mass is 32.2. The van der Waals surface area contributed by atoms with Crippen LogP contribution < -0.4 is 0 Å². The van der Waals surface area contributed by atoms with Crippen LogP contribution in [-0.2, 0) is 21.1 Å². The van der Waals surface area contributed by atoms with Gasteiger partial charge < -0.3 is 4.90 Å². The second-order valence-corrected chi connectivity index (χ2v) is 8.19. The zero-order chi connectivity index (χ0) is 15.5. The molecular weight excluding hydrogens is 286 g/mol. The van der Waals surface area contributed by atoms with Crippen LogP contribution in [0.2, 0.25) is 0 Å². The summed E-state index contributed by atoms with van der Waals surface area (Å²) in [6.07, 6.45) is 4.87. The largest absolute Gasteiger partial charge is 0.339 e. The summed E-state index contributed by atoms with van der Waals surface area (Å²) in [7, 11) is -3.32. The van der Waals surface area contributed by atoms with Crippen molar-refractivity contribution in [2.24, 2.45) is 0 Å². The van der Waals surface area contributed by atoms with Gasteiger partial charge in [-0.15, -0.1) is 0 Å². The normalized spacial score (nSPS) is 20.5. The minimum atomic E-state index is -3.32. The first-order chi connectivity index (χ1) is 9.89. The number of aryl methyl sites for hydroxylation is 1. The van der Waals surface area contributed by atoms with E-state index < -0.39 is 15.1 Å². The summed E-state index contributed by atoms with van der Waals surface area (Å²) in [5.74, 6) is -0.243. The Balaban J connectivity index is 1.99. The first kappa shape index (κ1) is 16.0. The van der Waals surface area contributed by atoms with Gasteiger partial charge in [0, 0.05) is 18.8 Å². The summed E-state index contributed by atoms with van der Waals surface area (Å²) >= 11 is 0. The molecule has 0 bridgehead atoms. The van der Waals surface area contributed by atoms with Crippen molar-refractivity contribution in [2.45, 2.75) is 43.9 Å². The molecule has 0 spiro atoms. The molecule has 5 heteroatoms. The molecule has 1 fully saturated rings. The zero-order valence-electron chi connectivity index (χ0n) is 12.7. The summed E-state index contributed by atoms with van der Waals surface area (Å²) in [4.78, 5) is 14.1. The van der Waals surface area contributed by atoms with Crippen LogP contribution in [0.25, 0.3) is 0 Å². The first-order valence-corrected chi connectivity index (χ1v) is 9.38. The molecule has 116 valence electrons. The molecule has 1 aliphatic heterocycles. The molecule has 2 rings (SSSR count). The molecule has 1 amide bonds. The standard InChI is InChI=1S/C16H23NO3S/c1-13(21(2,19)20)16(18)17-12-6-9-15(17)11-10-14-7-4-3-5-8-14/h3-5,7-8,13,15H,6,9-12H2,1-2H3/t13-,15+/m1/s1. The summed E-state index contributed by atoms with van der Waals surface area (Å²) in [6, 6.07) is 10.3. The number of amides is 1. The first-order valence-electron chi connectivity index (χ1n) is 7.43. The van der Waals surface area contributed by atoms with Crippen LogP contribution >= 0.6 is 0 Å². The Bertz CT molecular complexity index is 583. The molecule has 1 heterocycles. The van der Waals surface area contributed by atoms with Gasteiger partial charge in [-0.1, -0.05) is 30.3 Å². The average molecular weight is 309 g/mol. The van der Waals surface area contributed by atoms with Crippen molar-refractivity contribution >= 4 is 15.7 Å². The third-order valence-corrected chi connectivity index (χ3v) is 5.75. The monoisotopic (exact) mass is 309 g/mol. The van der Waals surface area contributed by atoms with E-state index in [-0.39, 0.29) is 11.9 Å². The fourth-order valence-electron chi connectivity index (χ4n) is 2.82. The SMILES string of the molecule is C[C@H](C(=O)N1CCC[C@H]1CCc1ccccc1)S(C)(=O)=O. The topological polar surface area (TPSA) is 54.5 Å². The minimum absolute atomic E-state index is 0.168. The van der Waals surface area contributed by atoms with Gasteiger partial charge in [0.05, 0.1) is 0 Å². The minimum Gasteiger partial charge on any atom is -0.339 e. The van der Waals surface area contributed by atoms with Crippen molar-refractivity contribution in [2.75, 3.05) is 12.8 Å². The Kier molecular flexibility index (Phi) is 5.04. The van der Waals surface area contributed by atoms with Gasteiger partial charge in [-0.05, 0) is 38.2 Å². The van der Waals surface area contributed by atoms with Crippen LogP contribution in [0, 0.1) is 0 Å². The molecule has 2 atom stereocenters. The summed E-state index contributed by atoms with van der Waals surface area (Å²) in [6.45, 7) is 2.17. The molecule has 0 N–H and O–H groups in total. The number of sulfone groups is 1. The van der Waals surface area contributed by atoms with E-state index in [2.05, 4.69) is 12.1 Å². The lowest BCUT2D eigenvalue weighted by Crippen LogP contribution is -2.43. The number of carbonyl (C=O) groups is 1. The van der Waals surface area contributed by atoms with Crippen LogP contribution in [0.5, 0.6) is 0 Å².